The number of carbonyl (C=O) groups is 1. The minimum Gasteiger partial charge on any atom is -0.493 e. The first kappa shape index (κ1) is 19.0. The van der Waals surface area contributed by atoms with Crippen LogP contribution in [0.3, 0.4) is 0 Å². The lowest BCUT2D eigenvalue weighted by molar-refractivity contribution is -0.122. The third kappa shape index (κ3) is 2.88. The average Bonchev–Trinajstić information content (AvgIpc) is 3.44. The summed E-state index contributed by atoms with van der Waals surface area (Å²) in [6.07, 6.45) is 4.17. The summed E-state index contributed by atoms with van der Waals surface area (Å²) in [5.74, 6) is 0.799. The van der Waals surface area contributed by atoms with Crippen molar-refractivity contribution in [2.24, 2.45) is 9.98 Å². The van der Waals surface area contributed by atoms with E-state index in [1.54, 1.807) is 12.4 Å². The summed E-state index contributed by atoms with van der Waals surface area (Å²) in [4.78, 5) is 28.4. The lowest BCUT2D eigenvalue weighted by Gasteiger charge is -2.36. The maximum atomic E-state index is 14.5. The van der Waals surface area contributed by atoms with Gasteiger partial charge < -0.3 is 15.4 Å². The largest absolute Gasteiger partial charge is 0.493 e. The number of guanidine groups is 1. The summed E-state index contributed by atoms with van der Waals surface area (Å²) < 4.78 is 20.1. The van der Waals surface area contributed by atoms with Gasteiger partial charge in [-0.05, 0) is 25.1 Å². The Morgan fingerprint density at radius 3 is 3.12 bits per heavy atom. The Hall–Kier alpha value is -3.75. The maximum Gasteiger partial charge on any atom is 0.247 e. The van der Waals surface area contributed by atoms with Crippen molar-refractivity contribution >= 4 is 23.8 Å². The number of fused-ring (bicyclic) bond motifs is 3. The molecule has 4 aliphatic rings. The maximum absolute atomic E-state index is 14.5. The van der Waals surface area contributed by atoms with Crippen LogP contribution in [0.25, 0.3) is 5.57 Å². The topological polar surface area (TPSA) is 91.2 Å². The van der Waals surface area contributed by atoms with E-state index >= 15 is 0 Å². The quantitative estimate of drug-likeness (QED) is 0.754. The molecule has 2 atom stereocenters. The fraction of sp³-hybridized carbons (Fsp3) is 0.304. The second kappa shape index (κ2) is 7.15. The van der Waals surface area contributed by atoms with Crippen LogP contribution in [0.1, 0.15) is 28.1 Å². The van der Waals surface area contributed by atoms with Gasteiger partial charge >= 0.3 is 0 Å². The number of pyridine rings is 1. The van der Waals surface area contributed by atoms with Gasteiger partial charge in [0, 0.05) is 40.6 Å². The Bertz CT molecular complexity index is 1240. The van der Waals surface area contributed by atoms with Crippen LogP contribution >= 0.6 is 0 Å². The predicted octanol–water partition coefficient (Wildman–Crippen LogP) is 1.68. The summed E-state index contributed by atoms with van der Waals surface area (Å²) >= 11 is 0. The third-order valence-electron chi connectivity index (χ3n) is 6.32. The monoisotopic (exact) mass is 432 g/mol. The van der Waals surface area contributed by atoms with Gasteiger partial charge in [-0.3, -0.25) is 19.7 Å². The van der Waals surface area contributed by atoms with Crippen molar-refractivity contribution in [2.45, 2.75) is 38.5 Å². The average molecular weight is 432 g/mol. The van der Waals surface area contributed by atoms with E-state index in [9.17, 15) is 9.18 Å². The Morgan fingerprint density at radius 1 is 1.31 bits per heavy atom. The van der Waals surface area contributed by atoms with Gasteiger partial charge in [0.2, 0.25) is 11.9 Å². The van der Waals surface area contributed by atoms with Crippen molar-refractivity contribution in [3.8, 4) is 5.75 Å². The van der Waals surface area contributed by atoms with Crippen LogP contribution in [-0.2, 0) is 24.3 Å². The molecule has 32 heavy (non-hydrogen) atoms. The van der Waals surface area contributed by atoms with Gasteiger partial charge in [-0.1, -0.05) is 6.07 Å². The molecule has 0 saturated heterocycles. The first-order chi connectivity index (χ1) is 15.6. The molecule has 0 aliphatic carbocycles. The Morgan fingerprint density at radius 2 is 2.22 bits per heavy atom. The van der Waals surface area contributed by atoms with E-state index in [2.05, 4.69) is 25.6 Å². The highest BCUT2D eigenvalue weighted by Gasteiger charge is 2.44. The zero-order valence-electron chi connectivity index (χ0n) is 17.4. The van der Waals surface area contributed by atoms with Crippen molar-refractivity contribution in [3.63, 3.8) is 0 Å². The summed E-state index contributed by atoms with van der Waals surface area (Å²) in [6.45, 7) is 3.00. The number of rotatable bonds is 2. The molecule has 0 radical (unpaired) electrons. The van der Waals surface area contributed by atoms with Crippen molar-refractivity contribution in [2.75, 3.05) is 6.61 Å². The van der Waals surface area contributed by atoms with E-state index in [0.29, 0.717) is 31.1 Å². The molecule has 4 aliphatic heterocycles. The van der Waals surface area contributed by atoms with E-state index in [1.807, 2.05) is 30.2 Å². The molecule has 0 saturated carbocycles. The van der Waals surface area contributed by atoms with Gasteiger partial charge in [-0.2, -0.15) is 0 Å². The summed E-state index contributed by atoms with van der Waals surface area (Å²) in [7, 11) is 0. The minimum atomic E-state index is -0.589. The van der Waals surface area contributed by atoms with Crippen molar-refractivity contribution in [1.82, 2.24) is 20.5 Å². The summed E-state index contributed by atoms with van der Waals surface area (Å²) in [5, 5.41) is 6.18. The lowest BCUT2D eigenvalue weighted by atomic mass is 9.89. The highest BCUT2D eigenvalue weighted by molar-refractivity contribution is 6.03. The van der Waals surface area contributed by atoms with E-state index in [1.165, 1.54) is 6.07 Å². The normalized spacial score (nSPS) is 23.9. The van der Waals surface area contributed by atoms with Crippen LogP contribution in [0.15, 0.2) is 40.5 Å². The number of nitrogens with zero attached hydrogens (tertiary/aromatic N) is 4. The second-order valence-electron chi connectivity index (χ2n) is 8.21. The number of carbonyl (C=O) groups excluding carboxylic acids is 1. The van der Waals surface area contributed by atoms with Crippen molar-refractivity contribution in [3.05, 3.63) is 64.4 Å². The fourth-order valence-electron chi connectivity index (χ4n) is 4.76. The molecule has 0 spiro atoms. The second-order valence-corrected chi connectivity index (χ2v) is 8.21. The smallest absolute Gasteiger partial charge is 0.247 e. The first-order valence-electron chi connectivity index (χ1n) is 10.6. The van der Waals surface area contributed by atoms with Crippen LogP contribution in [0, 0.1) is 12.7 Å². The summed E-state index contributed by atoms with van der Waals surface area (Å²) in [5.41, 5.74) is 5.02. The molecule has 8 nitrogen and oxygen atoms in total. The number of ether oxygens (including phenoxy) is 1. The number of hydrogen-bond donors (Lipinski definition) is 2. The Kier molecular flexibility index (Phi) is 4.24. The molecule has 1 amide bonds. The number of nitrogens with one attached hydrogen (secondary N) is 2. The van der Waals surface area contributed by atoms with Crippen LogP contribution < -0.4 is 15.4 Å². The molecule has 0 fully saturated rings. The van der Waals surface area contributed by atoms with Gasteiger partial charge in [0.25, 0.3) is 0 Å². The van der Waals surface area contributed by atoms with E-state index in [0.717, 1.165) is 33.8 Å². The molecule has 162 valence electrons. The fourth-order valence-corrected chi connectivity index (χ4v) is 4.76. The molecule has 2 unspecified atom stereocenters. The number of hydrogen-bond acceptors (Lipinski definition) is 5. The zero-order chi connectivity index (χ0) is 21.8. The number of aryl methyl sites for hydroxylation is 1. The number of amides is 1. The number of aliphatic imine (C=N–C) groups is 2. The molecule has 0 bridgehead atoms. The SMILES string of the molecule is Cc1ccc2c(n1)CNC(=O)C1N=CN3C(=NCc4c(F)ccc5c4CCO5)NC=C2C13. The van der Waals surface area contributed by atoms with Crippen LogP contribution in [-0.4, -0.2) is 46.8 Å². The van der Waals surface area contributed by atoms with Gasteiger partial charge in [-0.25, -0.2) is 9.38 Å². The molecule has 2 aromatic rings. The molecule has 9 heteroatoms. The highest BCUT2D eigenvalue weighted by atomic mass is 19.1. The van der Waals surface area contributed by atoms with Crippen LogP contribution in [0.2, 0.25) is 0 Å². The standard InChI is InChI=1S/C23H21FN6O2/c1-12-2-3-13-16-9-27-23(26-8-15-14-6-7-32-19(14)5-4-17(15)24)30-11-28-20(21(16)30)22(31)25-10-18(13)29-12/h2-5,9,11,20-21H,6-8,10H2,1H3,(H,25,31)(H,26,27). The molecule has 1 aromatic heterocycles. The minimum absolute atomic E-state index is 0.154. The molecular formula is C23H21FN6O2. The number of halogens is 1. The van der Waals surface area contributed by atoms with Gasteiger partial charge in [-0.15, -0.1) is 0 Å². The predicted molar refractivity (Wildman–Crippen MR) is 117 cm³/mol. The lowest BCUT2D eigenvalue weighted by Crippen LogP contribution is -2.54. The third-order valence-corrected chi connectivity index (χ3v) is 6.32. The van der Waals surface area contributed by atoms with Crippen molar-refractivity contribution < 1.29 is 13.9 Å². The van der Waals surface area contributed by atoms with E-state index < -0.39 is 6.04 Å². The zero-order valence-corrected chi connectivity index (χ0v) is 17.4. The van der Waals surface area contributed by atoms with E-state index in [4.69, 9.17) is 4.74 Å². The number of benzene rings is 1. The van der Waals surface area contributed by atoms with Crippen LogP contribution in [0.4, 0.5) is 4.39 Å². The van der Waals surface area contributed by atoms with Crippen molar-refractivity contribution in [1.29, 1.82) is 0 Å². The van der Waals surface area contributed by atoms with E-state index in [-0.39, 0.29) is 24.3 Å². The van der Waals surface area contributed by atoms with Crippen LogP contribution in [0.5, 0.6) is 5.75 Å². The van der Waals surface area contributed by atoms with Gasteiger partial charge in [0.05, 0.1) is 37.8 Å². The molecule has 1 aromatic carbocycles. The Balaban J connectivity index is 1.39. The summed E-state index contributed by atoms with van der Waals surface area (Å²) in [6, 6.07) is 6.15. The molecule has 6 rings (SSSR count). The first-order valence-corrected chi connectivity index (χ1v) is 10.6. The number of aromatic nitrogens is 1. The Labute approximate surface area is 183 Å². The van der Waals surface area contributed by atoms with Gasteiger partial charge in [0.1, 0.15) is 11.6 Å². The highest BCUT2D eigenvalue weighted by Crippen LogP contribution is 2.35. The molecule has 5 heterocycles. The molecule has 2 N–H and O–H groups in total. The van der Waals surface area contributed by atoms with Gasteiger partial charge in [0.15, 0.2) is 6.04 Å². The molecular weight excluding hydrogens is 411 g/mol.